The lowest BCUT2D eigenvalue weighted by molar-refractivity contribution is 0.0995. The van der Waals surface area contributed by atoms with E-state index in [1.807, 2.05) is 4.90 Å². The molecule has 1 aliphatic rings. The van der Waals surface area contributed by atoms with Crippen molar-refractivity contribution < 1.29 is 13.9 Å². The summed E-state index contributed by atoms with van der Waals surface area (Å²) >= 11 is 0. The molecule has 0 spiro atoms. The minimum absolute atomic E-state index is 0.0731. The highest BCUT2D eigenvalue weighted by Crippen LogP contribution is 2.22. The van der Waals surface area contributed by atoms with Gasteiger partial charge in [-0.25, -0.2) is 9.37 Å². The van der Waals surface area contributed by atoms with Gasteiger partial charge in [0.05, 0.1) is 12.4 Å². The lowest BCUT2D eigenvalue weighted by Crippen LogP contribution is -2.39. The van der Waals surface area contributed by atoms with Crippen LogP contribution in [0.4, 0.5) is 10.2 Å². The summed E-state index contributed by atoms with van der Waals surface area (Å²) < 4.78 is 18.7. The Labute approximate surface area is 133 Å². The number of piperidine rings is 1. The second-order valence-electron chi connectivity index (χ2n) is 5.38. The van der Waals surface area contributed by atoms with Crippen LogP contribution < -0.4 is 15.4 Å². The van der Waals surface area contributed by atoms with E-state index in [-0.39, 0.29) is 17.6 Å². The zero-order chi connectivity index (χ0) is 16.2. The number of anilines is 1. The molecule has 23 heavy (non-hydrogen) atoms. The first kappa shape index (κ1) is 15.2. The molecule has 0 atom stereocenters. The number of benzene rings is 1. The molecule has 2 N–H and O–H groups in total. The highest BCUT2D eigenvalue weighted by Gasteiger charge is 2.22. The van der Waals surface area contributed by atoms with E-state index in [2.05, 4.69) is 9.97 Å². The smallest absolute Gasteiger partial charge is 0.268 e. The van der Waals surface area contributed by atoms with Crippen molar-refractivity contribution in [3.63, 3.8) is 0 Å². The summed E-state index contributed by atoms with van der Waals surface area (Å²) in [5.74, 6) is 0.441. The van der Waals surface area contributed by atoms with Gasteiger partial charge in [-0.1, -0.05) is 0 Å². The van der Waals surface area contributed by atoms with E-state index in [0.717, 1.165) is 25.9 Å². The monoisotopic (exact) mass is 316 g/mol. The first-order chi connectivity index (χ1) is 11.1. The Hall–Kier alpha value is -2.70. The van der Waals surface area contributed by atoms with Gasteiger partial charge in [-0.2, -0.15) is 0 Å². The van der Waals surface area contributed by atoms with Gasteiger partial charge in [0.15, 0.2) is 0 Å². The van der Waals surface area contributed by atoms with Crippen LogP contribution in [0.5, 0.6) is 5.75 Å². The molecule has 1 aromatic heterocycles. The van der Waals surface area contributed by atoms with Crippen LogP contribution in [0, 0.1) is 5.82 Å². The average Bonchev–Trinajstić information content (AvgIpc) is 2.58. The number of nitrogens with zero attached hydrogens (tertiary/aromatic N) is 3. The van der Waals surface area contributed by atoms with Gasteiger partial charge >= 0.3 is 0 Å². The fourth-order valence-electron chi connectivity index (χ4n) is 2.54. The van der Waals surface area contributed by atoms with E-state index < -0.39 is 5.91 Å². The minimum Gasteiger partial charge on any atom is -0.490 e. The van der Waals surface area contributed by atoms with Gasteiger partial charge in [0.1, 0.15) is 29.2 Å². The number of aromatic nitrogens is 2. The van der Waals surface area contributed by atoms with E-state index in [1.54, 1.807) is 18.3 Å². The molecular weight excluding hydrogens is 299 g/mol. The molecule has 0 unspecified atom stereocenters. The molecule has 2 aromatic rings. The predicted octanol–water partition coefficient (Wildman–Crippen LogP) is 1.76. The van der Waals surface area contributed by atoms with Crippen molar-refractivity contribution in [2.24, 2.45) is 5.73 Å². The normalized spacial score (nSPS) is 15.4. The summed E-state index contributed by atoms with van der Waals surface area (Å²) in [6.07, 6.45) is 4.66. The minimum atomic E-state index is -0.589. The standard InChI is InChI=1S/C16H17FN4O2/c17-11-1-3-12(4-2-11)23-13-5-7-21(8-6-13)15-10-19-9-14(20-15)16(18)22/h1-4,9-10,13H,5-8H2,(H2,18,22). The third kappa shape index (κ3) is 3.74. The Morgan fingerprint density at radius 1 is 1.22 bits per heavy atom. The predicted molar refractivity (Wildman–Crippen MR) is 82.8 cm³/mol. The number of halogens is 1. The first-order valence-corrected chi connectivity index (χ1v) is 7.41. The van der Waals surface area contributed by atoms with Gasteiger partial charge in [0.2, 0.25) is 0 Å². The fraction of sp³-hybridized carbons (Fsp3) is 0.312. The van der Waals surface area contributed by atoms with Crippen LogP contribution in [0.25, 0.3) is 0 Å². The molecule has 120 valence electrons. The molecule has 2 heterocycles. The van der Waals surface area contributed by atoms with E-state index >= 15 is 0 Å². The molecule has 6 nitrogen and oxygen atoms in total. The SMILES string of the molecule is NC(=O)c1cncc(N2CCC(Oc3ccc(F)cc3)CC2)n1. The van der Waals surface area contributed by atoms with Crippen molar-refractivity contribution in [1.29, 1.82) is 0 Å². The molecule has 0 aliphatic carbocycles. The molecule has 1 aliphatic heterocycles. The molecule has 0 bridgehead atoms. The van der Waals surface area contributed by atoms with Crippen molar-refractivity contribution in [1.82, 2.24) is 9.97 Å². The number of carbonyl (C=O) groups is 1. The van der Waals surface area contributed by atoms with Gasteiger partial charge in [0, 0.05) is 25.9 Å². The quantitative estimate of drug-likeness (QED) is 0.929. The lowest BCUT2D eigenvalue weighted by Gasteiger charge is -2.32. The number of rotatable bonds is 4. The first-order valence-electron chi connectivity index (χ1n) is 7.41. The van der Waals surface area contributed by atoms with E-state index in [0.29, 0.717) is 11.6 Å². The molecule has 1 aromatic carbocycles. The van der Waals surface area contributed by atoms with Crippen LogP contribution in [-0.2, 0) is 0 Å². The second-order valence-corrected chi connectivity index (χ2v) is 5.38. The summed E-state index contributed by atoms with van der Waals surface area (Å²) in [4.78, 5) is 21.4. The fourth-order valence-corrected chi connectivity index (χ4v) is 2.54. The van der Waals surface area contributed by atoms with Gasteiger partial charge < -0.3 is 15.4 Å². The van der Waals surface area contributed by atoms with Crippen LogP contribution >= 0.6 is 0 Å². The van der Waals surface area contributed by atoms with Crippen molar-refractivity contribution in [3.8, 4) is 5.75 Å². The van der Waals surface area contributed by atoms with Crippen LogP contribution in [-0.4, -0.2) is 35.1 Å². The van der Waals surface area contributed by atoms with E-state index in [4.69, 9.17) is 10.5 Å². The second kappa shape index (κ2) is 6.60. The molecule has 0 radical (unpaired) electrons. The topological polar surface area (TPSA) is 81.3 Å². The largest absolute Gasteiger partial charge is 0.490 e. The van der Waals surface area contributed by atoms with Crippen molar-refractivity contribution in [2.75, 3.05) is 18.0 Å². The maximum Gasteiger partial charge on any atom is 0.268 e. The Bertz CT molecular complexity index is 685. The van der Waals surface area contributed by atoms with Crippen molar-refractivity contribution in [2.45, 2.75) is 18.9 Å². The number of hydrogen-bond acceptors (Lipinski definition) is 5. The molecule has 1 fully saturated rings. The Kier molecular flexibility index (Phi) is 4.36. The zero-order valence-corrected chi connectivity index (χ0v) is 12.5. The number of amides is 1. The lowest BCUT2D eigenvalue weighted by atomic mass is 10.1. The Morgan fingerprint density at radius 2 is 1.91 bits per heavy atom. The van der Waals surface area contributed by atoms with Gasteiger partial charge in [-0.3, -0.25) is 9.78 Å². The summed E-state index contributed by atoms with van der Waals surface area (Å²) in [6.45, 7) is 1.48. The highest BCUT2D eigenvalue weighted by molar-refractivity contribution is 5.90. The van der Waals surface area contributed by atoms with Gasteiger partial charge in [0.25, 0.3) is 5.91 Å². The van der Waals surface area contributed by atoms with E-state index in [9.17, 15) is 9.18 Å². The van der Waals surface area contributed by atoms with Gasteiger partial charge in [-0.05, 0) is 24.3 Å². The number of nitrogens with two attached hydrogens (primary N) is 1. The van der Waals surface area contributed by atoms with Gasteiger partial charge in [-0.15, -0.1) is 0 Å². The van der Waals surface area contributed by atoms with Crippen LogP contribution in [0.1, 0.15) is 23.3 Å². The number of primary amides is 1. The van der Waals surface area contributed by atoms with E-state index in [1.165, 1.54) is 18.3 Å². The van der Waals surface area contributed by atoms with Crippen LogP contribution in [0.3, 0.4) is 0 Å². The van der Waals surface area contributed by atoms with Crippen LogP contribution in [0.15, 0.2) is 36.7 Å². The molecule has 7 heteroatoms. The third-order valence-electron chi connectivity index (χ3n) is 3.76. The number of hydrogen-bond donors (Lipinski definition) is 1. The average molecular weight is 316 g/mol. The summed E-state index contributed by atoms with van der Waals surface area (Å²) in [5.41, 5.74) is 5.38. The number of carbonyl (C=O) groups excluding carboxylic acids is 1. The summed E-state index contributed by atoms with van der Waals surface area (Å²) in [5, 5.41) is 0. The maximum absolute atomic E-state index is 12.9. The Morgan fingerprint density at radius 3 is 2.57 bits per heavy atom. The van der Waals surface area contributed by atoms with Crippen LogP contribution in [0.2, 0.25) is 0 Å². The molecule has 0 saturated carbocycles. The number of ether oxygens (including phenoxy) is 1. The maximum atomic E-state index is 12.9. The summed E-state index contributed by atoms with van der Waals surface area (Å²) in [7, 11) is 0. The molecule has 1 amide bonds. The molecular formula is C16H17FN4O2. The highest BCUT2D eigenvalue weighted by atomic mass is 19.1. The summed E-state index contributed by atoms with van der Waals surface area (Å²) in [6, 6.07) is 6.03. The van der Waals surface area contributed by atoms with Crippen molar-refractivity contribution in [3.05, 3.63) is 48.2 Å². The Balaban J connectivity index is 1.59. The molecule has 3 rings (SSSR count). The molecule has 1 saturated heterocycles. The third-order valence-corrected chi connectivity index (χ3v) is 3.76. The van der Waals surface area contributed by atoms with Crippen molar-refractivity contribution >= 4 is 11.7 Å². The zero-order valence-electron chi connectivity index (χ0n) is 12.5.